The van der Waals surface area contributed by atoms with Gasteiger partial charge in [-0.25, -0.2) is 0 Å². The maximum Gasteiger partial charge on any atom is 0.220 e. The Morgan fingerprint density at radius 3 is 2.62 bits per heavy atom. The molecular weight excluding hydrogens is 288 g/mol. The lowest BCUT2D eigenvalue weighted by Gasteiger charge is -2.48. The minimum absolute atomic E-state index is 0.0811. The van der Waals surface area contributed by atoms with Gasteiger partial charge in [0.05, 0.1) is 5.54 Å². The van der Waals surface area contributed by atoms with Gasteiger partial charge in [-0.3, -0.25) is 4.79 Å². The van der Waals surface area contributed by atoms with Crippen molar-refractivity contribution in [3.63, 3.8) is 0 Å². The molecule has 0 radical (unpaired) electrons. The Balaban J connectivity index is 2.37. The number of nitrogens with zero attached hydrogens (tertiary/aromatic N) is 2. The minimum Gasteiger partial charge on any atom is -0.398 e. The van der Waals surface area contributed by atoms with E-state index in [4.69, 9.17) is 22.7 Å². The van der Waals surface area contributed by atoms with Crippen LogP contribution < -0.4 is 10.6 Å². The average molecular weight is 309 g/mol. The largest absolute Gasteiger partial charge is 0.398 e. The topological polar surface area (TPSA) is 73.4 Å². The lowest BCUT2D eigenvalue weighted by atomic mass is 9.97. The first-order valence-electron chi connectivity index (χ1n) is 6.89. The van der Waals surface area contributed by atoms with Crippen LogP contribution in [-0.2, 0) is 4.79 Å². The zero-order chi connectivity index (χ0) is 15.8. The number of amides is 1. The highest BCUT2D eigenvalue weighted by atomic mass is 35.5. The quantitative estimate of drug-likeness (QED) is 0.650. The highest BCUT2D eigenvalue weighted by molar-refractivity contribution is 6.31. The smallest absolute Gasteiger partial charge is 0.220 e. The lowest BCUT2D eigenvalue weighted by molar-refractivity contribution is -0.134. The number of halogens is 1. The fraction of sp³-hybridized carbons (Fsp3) is 0.467. The van der Waals surface area contributed by atoms with E-state index in [1.807, 2.05) is 24.8 Å². The number of carbonyl (C=O) groups excluding carboxylic acids is 1. The lowest BCUT2D eigenvalue weighted by Crippen LogP contribution is -2.60. The summed E-state index contributed by atoms with van der Waals surface area (Å²) in [5.74, 6) is 0.0811. The number of piperazine rings is 1. The first kappa shape index (κ1) is 15.6. The van der Waals surface area contributed by atoms with Crippen molar-refractivity contribution in [3.05, 3.63) is 22.7 Å². The third-order valence-electron chi connectivity index (χ3n) is 3.92. The van der Waals surface area contributed by atoms with Gasteiger partial charge in [0, 0.05) is 54.7 Å². The maximum absolute atomic E-state index is 11.7. The highest BCUT2D eigenvalue weighted by Crippen LogP contribution is 2.32. The Morgan fingerprint density at radius 2 is 2.10 bits per heavy atom. The predicted molar refractivity (Wildman–Crippen MR) is 87.4 cm³/mol. The van der Waals surface area contributed by atoms with Crippen molar-refractivity contribution < 1.29 is 4.79 Å². The van der Waals surface area contributed by atoms with E-state index in [2.05, 4.69) is 4.90 Å². The molecule has 1 aliphatic heterocycles. The molecule has 0 aliphatic carbocycles. The molecule has 0 spiro atoms. The van der Waals surface area contributed by atoms with Crippen molar-refractivity contribution in [3.8, 4) is 0 Å². The van der Waals surface area contributed by atoms with Gasteiger partial charge < -0.3 is 20.9 Å². The summed E-state index contributed by atoms with van der Waals surface area (Å²) in [4.78, 5) is 15.7. The molecule has 2 rings (SSSR count). The summed E-state index contributed by atoms with van der Waals surface area (Å²) in [5.41, 5.74) is 7.70. The molecule has 1 aliphatic rings. The summed E-state index contributed by atoms with van der Waals surface area (Å²) in [6, 6.07) is 3.49. The highest BCUT2D eigenvalue weighted by Gasteiger charge is 2.35. The Hall–Kier alpha value is -1.75. The number of benzene rings is 1. The fourth-order valence-corrected chi connectivity index (χ4v) is 3.21. The number of nitrogen functional groups attached to an aromatic ring is 1. The molecule has 1 amide bonds. The Labute approximate surface area is 130 Å². The molecule has 5 nitrogen and oxygen atoms in total. The van der Waals surface area contributed by atoms with E-state index in [-0.39, 0.29) is 11.4 Å². The molecule has 1 fully saturated rings. The first-order chi connectivity index (χ1) is 9.76. The fourth-order valence-electron chi connectivity index (χ4n) is 2.99. The van der Waals surface area contributed by atoms with Gasteiger partial charge in [0.25, 0.3) is 0 Å². The number of nitrogens with two attached hydrogens (primary N) is 1. The summed E-state index contributed by atoms with van der Waals surface area (Å²) in [5, 5.41) is 8.14. The zero-order valence-electron chi connectivity index (χ0n) is 12.6. The summed E-state index contributed by atoms with van der Waals surface area (Å²) in [6.07, 6.45) is 1.26. The second-order valence-electron chi connectivity index (χ2n) is 5.98. The van der Waals surface area contributed by atoms with Crippen LogP contribution in [0.1, 0.15) is 26.3 Å². The zero-order valence-corrected chi connectivity index (χ0v) is 13.4. The molecule has 1 aromatic carbocycles. The number of hydrogen-bond donors (Lipinski definition) is 2. The van der Waals surface area contributed by atoms with Crippen LogP contribution in [-0.4, -0.2) is 42.2 Å². The third-order valence-corrected chi connectivity index (χ3v) is 4.14. The third kappa shape index (κ3) is 2.97. The van der Waals surface area contributed by atoms with Crippen LogP contribution in [0.2, 0.25) is 5.02 Å². The first-order valence-corrected chi connectivity index (χ1v) is 7.26. The van der Waals surface area contributed by atoms with Crippen LogP contribution in [0.15, 0.2) is 12.1 Å². The van der Waals surface area contributed by atoms with Gasteiger partial charge in [-0.05, 0) is 26.0 Å². The molecule has 0 saturated carbocycles. The van der Waals surface area contributed by atoms with Crippen molar-refractivity contribution in [2.45, 2.75) is 26.3 Å². The summed E-state index contributed by atoms with van der Waals surface area (Å²) in [7, 11) is 0. The summed E-state index contributed by atoms with van der Waals surface area (Å²) in [6.45, 7) is 7.69. The number of anilines is 2. The van der Waals surface area contributed by atoms with Gasteiger partial charge in [-0.2, -0.15) is 0 Å². The molecule has 0 atom stereocenters. The van der Waals surface area contributed by atoms with Crippen molar-refractivity contribution in [2.75, 3.05) is 30.3 Å². The van der Waals surface area contributed by atoms with Crippen LogP contribution in [0.3, 0.4) is 0 Å². The van der Waals surface area contributed by atoms with Crippen LogP contribution >= 0.6 is 11.6 Å². The van der Waals surface area contributed by atoms with Crippen molar-refractivity contribution in [2.24, 2.45) is 0 Å². The molecule has 0 unspecified atom stereocenters. The number of nitrogens with one attached hydrogen (secondary N) is 1. The molecule has 6 heteroatoms. The summed E-state index contributed by atoms with van der Waals surface area (Å²) >= 11 is 6.10. The molecule has 1 aromatic rings. The van der Waals surface area contributed by atoms with E-state index in [0.717, 1.165) is 5.69 Å². The van der Waals surface area contributed by atoms with E-state index in [0.29, 0.717) is 35.9 Å². The molecule has 3 N–H and O–H groups in total. The molecule has 1 heterocycles. The van der Waals surface area contributed by atoms with Crippen molar-refractivity contribution in [1.82, 2.24) is 4.90 Å². The van der Waals surface area contributed by atoms with Crippen LogP contribution in [0.25, 0.3) is 0 Å². The normalized spacial score (nSPS) is 17.7. The predicted octanol–water partition coefficient (Wildman–Crippen LogP) is 2.37. The maximum atomic E-state index is 11.7. The van der Waals surface area contributed by atoms with Gasteiger partial charge >= 0.3 is 0 Å². The monoisotopic (exact) mass is 308 g/mol. The van der Waals surface area contributed by atoms with Gasteiger partial charge in [-0.1, -0.05) is 11.6 Å². The average Bonchev–Trinajstić information content (AvgIpc) is 2.36. The van der Waals surface area contributed by atoms with E-state index in [1.165, 1.54) is 6.21 Å². The van der Waals surface area contributed by atoms with Crippen LogP contribution in [0, 0.1) is 5.41 Å². The van der Waals surface area contributed by atoms with Crippen LogP contribution in [0.4, 0.5) is 11.4 Å². The second-order valence-corrected chi connectivity index (χ2v) is 6.41. The van der Waals surface area contributed by atoms with Crippen molar-refractivity contribution in [1.29, 1.82) is 5.41 Å². The Kier molecular flexibility index (Phi) is 4.14. The van der Waals surface area contributed by atoms with Gasteiger partial charge in [-0.15, -0.1) is 0 Å². The number of carbonyl (C=O) groups is 1. The van der Waals surface area contributed by atoms with E-state index in [9.17, 15) is 4.79 Å². The van der Waals surface area contributed by atoms with E-state index in [1.54, 1.807) is 13.0 Å². The van der Waals surface area contributed by atoms with Crippen molar-refractivity contribution >= 4 is 35.1 Å². The molecule has 0 aromatic heterocycles. The van der Waals surface area contributed by atoms with Gasteiger partial charge in [0.1, 0.15) is 0 Å². The van der Waals surface area contributed by atoms with Crippen LogP contribution in [0.5, 0.6) is 0 Å². The molecule has 21 heavy (non-hydrogen) atoms. The molecule has 114 valence electrons. The minimum atomic E-state index is -0.277. The number of rotatable bonds is 2. The van der Waals surface area contributed by atoms with E-state index < -0.39 is 0 Å². The van der Waals surface area contributed by atoms with Gasteiger partial charge in [0.15, 0.2) is 0 Å². The van der Waals surface area contributed by atoms with E-state index >= 15 is 0 Å². The Bertz CT molecular complexity index is 585. The molecule has 0 bridgehead atoms. The molecule has 1 saturated heterocycles. The SMILES string of the molecule is CC(=O)N1CCN(c2cc(Cl)cc(N)c2C=N)CC1(C)C. The molecular formula is C15H21ClN4O. The standard InChI is InChI=1S/C15H21ClN4O/c1-10(21)20-5-4-19(9-15(20,2)3)14-7-11(16)6-13(18)12(14)8-17/h6-8,17H,4-5,9,18H2,1-3H3. The second kappa shape index (κ2) is 5.56. The Morgan fingerprint density at radius 1 is 1.43 bits per heavy atom. The van der Waals surface area contributed by atoms with Gasteiger partial charge in [0.2, 0.25) is 5.91 Å². The summed E-state index contributed by atoms with van der Waals surface area (Å²) < 4.78 is 0. The number of hydrogen-bond acceptors (Lipinski definition) is 4.